The SMILES string of the molecule is CC(C)OC(=O)Nc1nc(-c2cc(OC3CC(C(=O)NCC(O)NS(=O)(=O)C4(C)CC4)N(C(=O)C(NC(=O)c4ccn(C)n4)C4CC4CCC=CC4CC4)C3)ccn2)cs1. The molecule has 4 amide bonds. The van der Waals surface area contributed by atoms with E-state index in [9.17, 15) is 32.7 Å². The Bertz CT molecular complexity index is 2200. The number of aliphatic hydroxyl groups is 1. The van der Waals surface area contributed by atoms with Crippen LogP contribution in [0, 0.1) is 17.8 Å². The maximum atomic E-state index is 14.7. The number of nitrogens with one attached hydrogen (secondary N) is 4. The fourth-order valence-corrected chi connectivity index (χ4v) is 9.33. The van der Waals surface area contributed by atoms with Crippen molar-refractivity contribution in [1.82, 2.24) is 40.0 Å². The van der Waals surface area contributed by atoms with E-state index in [1.807, 2.05) is 0 Å². The lowest BCUT2D eigenvalue weighted by Gasteiger charge is -2.29. The zero-order valence-electron chi connectivity index (χ0n) is 34.1. The molecule has 4 heterocycles. The van der Waals surface area contributed by atoms with Crippen LogP contribution in [-0.4, -0.2) is 110 Å². The maximum Gasteiger partial charge on any atom is 0.413 e. The summed E-state index contributed by atoms with van der Waals surface area (Å²) in [5.41, 5.74) is 1.08. The van der Waals surface area contributed by atoms with Crippen LogP contribution < -0.4 is 25.4 Å². The number of amides is 4. The lowest BCUT2D eigenvalue weighted by molar-refractivity contribution is -0.140. The van der Waals surface area contributed by atoms with Crippen molar-refractivity contribution in [1.29, 1.82) is 0 Å². The number of likely N-dealkylation sites (tertiary alicyclic amines) is 1. The van der Waals surface area contributed by atoms with Gasteiger partial charge in [-0.15, -0.1) is 11.3 Å². The molecule has 0 spiro atoms. The number of sulfonamides is 1. The second kappa shape index (κ2) is 18.0. The van der Waals surface area contributed by atoms with E-state index in [1.165, 1.54) is 40.0 Å². The third kappa shape index (κ3) is 10.9. The van der Waals surface area contributed by atoms with Crippen molar-refractivity contribution >= 4 is 50.3 Å². The highest BCUT2D eigenvalue weighted by molar-refractivity contribution is 7.91. The Morgan fingerprint density at radius 2 is 1.92 bits per heavy atom. The van der Waals surface area contributed by atoms with Gasteiger partial charge in [0.25, 0.3) is 5.91 Å². The van der Waals surface area contributed by atoms with E-state index in [4.69, 9.17) is 9.47 Å². The Balaban J connectivity index is 1.08. The zero-order chi connectivity index (χ0) is 42.8. The molecule has 60 heavy (non-hydrogen) atoms. The number of carbonyl (C=O) groups is 4. The van der Waals surface area contributed by atoms with Gasteiger partial charge < -0.3 is 30.1 Å². The van der Waals surface area contributed by atoms with Crippen molar-refractivity contribution in [3.63, 3.8) is 0 Å². The quantitative estimate of drug-likeness (QED) is 0.0863. The summed E-state index contributed by atoms with van der Waals surface area (Å²) >= 11 is 1.20. The summed E-state index contributed by atoms with van der Waals surface area (Å²) < 4.78 is 39.8. The third-order valence-corrected chi connectivity index (χ3v) is 14.2. The predicted molar refractivity (Wildman–Crippen MR) is 221 cm³/mol. The number of rotatable bonds is 19. The monoisotopic (exact) mass is 867 g/mol. The summed E-state index contributed by atoms with van der Waals surface area (Å²) in [6.45, 7) is 4.61. The minimum absolute atomic E-state index is 0.0116. The molecule has 18 nitrogen and oxygen atoms in total. The van der Waals surface area contributed by atoms with Gasteiger partial charge in [0.05, 0.1) is 29.6 Å². The first-order chi connectivity index (χ1) is 28.6. The van der Waals surface area contributed by atoms with Gasteiger partial charge in [0.15, 0.2) is 5.13 Å². The minimum Gasteiger partial charge on any atom is -0.488 e. The molecule has 3 aliphatic carbocycles. The van der Waals surface area contributed by atoms with Crippen LogP contribution >= 0.6 is 11.3 Å². The van der Waals surface area contributed by atoms with Crippen molar-refractivity contribution in [2.75, 3.05) is 18.4 Å². The number of hydrogen-bond acceptors (Lipinski definition) is 13. The van der Waals surface area contributed by atoms with E-state index in [0.29, 0.717) is 41.0 Å². The Labute approximate surface area is 352 Å². The smallest absolute Gasteiger partial charge is 0.413 e. The number of aliphatic hydroxyl groups excluding tert-OH is 1. The van der Waals surface area contributed by atoms with Gasteiger partial charge in [0, 0.05) is 37.3 Å². The number of aromatic nitrogens is 4. The number of pyridine rings is 1. The number of aryl methyl sites for hydroxylation is 1. The van der Waals surface area contributed by atoms with Gasteiger partial charge in [-0.05, 0) is 95.6 Å². The highest BCUT2D eigenvalue weighted by atomic mass is 32.2. The number of carbonyl (C=O) groups excluding carboxylic acids is 4. The van der Waals surface area contributed by atoms with E-state index < -0.39 is 69.5 Å². The fourth-order valence-electron chi connectivity index (χ4n) is 7.28. The first-order valence-electron chi connectivity index (χ1n) is 20.4. The molecule has 5 N–H and O–H groups in total. The first kappa shape index (κ1) is 43.2. The number of allylic oxidation sites excluding steroid dienone is 2. The van der Waals surface area contributed by atoms with Gasteiger partial charge in [-0.2, -0.15) is 9.82 Å². The van der Waals surface area contributed by atoms with E-state index >= 15 is 0 Å². The van der Waals surface area contributed by atoms with Crippen molar-refractivity contribution in [3.8, 4) is 17.1 Å². The number of nitrogens with zero attached hydrogens (tertiary/aromatic N) is 5. The molecule has 1 aliphatic heterocycles. The lowest BCUT2D eigenvalue weighted by Crippen LogP contribution is -2.55. The zero-order valence-corrected chi connectivity index (χ0v) is 35.7. The molecule has 6 unspecified atom stereocenters. The molecule has 4 fully saturated rings. The van der Waals surface area contributed by atoms with Crippen molar-refractivity contribution in [2.45, 2.75) is 107 Å². The van der Waals surface area contributed by atoms with Crippen molar-refractivity contribution in [2.24, 2.45) is 24.8 Å². The third-order valence-electron chi connectivity index (χ3n) is 11.2. The highest BCUT2D eigenvalue weighted by Crippen LogP contribution is 2.46. The van der Waals surface area contributed by atoms with E-state index in [0.717, 1.165) is 19.3 Å². The van der Waals surface area contributed by atoms with E-state index in [1.54, 1.807) is 57.6 Å². The van der Waals surface area contributed by atoms with E-state index in [-0.39, 0.29) is 36.6 Å². The van der Waals surface area contributed by atoms with Crippen molar-refractivity contribution in [3.05, 3.63) is 53.8 Å². The molecule has 1 saturated heterocycles. The standard InChI is InChI=1S/C40H53N9O9S2/c1-23(2)57-39(54)45-38-43-31(22-59-38)30-18-26(11-15-41-30)58-27-19-32(36(52)42-20-33(50)47-60(55,56)40(3)13-14-40)49(21-27)37(53)34(44-35(51)29-12-16-48(4)46-29)28-17-25(28)8-6-5-7-24-9-10-24/h5,7,11-12,15-16,18,22-25,27-28,32-34,47,50H,6,8-10,13-14,17,19-21H2,1-4H3,(H,42,52)(H,44,51)(H,43,45,54). The Morgan fingerprint density at radius 1 is 1.13 bits per heavy atom. The maximum absolute atomic E-state index is 14.7. The summed E-state index contributed by atoms with van der Waals surface area (Å²) in [5, 5.41) is 25.0. The van der Waals surface area contributed by atoms with Gasteiger partial charge >= 0.3 is 6.09 Å². The molecular formula is C40H53N9O9S2. The van der Waals surface area contributed by atoms with Crippen molar-refractivity contribution < 1.29 is 42.2 Å². The lowest BCUT2D eigenvalue weighted by atomic mass is 10.0. The number of thiazole rings is 1. The van der Waals surface area contributed by atoms with Crippen LogP contribution in [0.15, 0.2) is 48.1 Å². The number of hydrogen-bond donors (Lipinski definition) is 5. The Morgan fingerprint density at radius 3 is 2.62 bits per heavy atom. The van der Waals surface area contributed by atoms with E-state index in [2.05, 4.69) is 47.9 Å². The predicted octanol–water partition coefficient (Wildman–Crippen LogP) is 3.33. The topological polar surface area (TPSA) is 236 Å². The summed E-state index contributed by atoms with van der Waals surface area (Å²) in [6, 6.07) is 2.82. The second-order valence-electron chi connectivity index (χ2n) is 16.6. The molecule has 3 aromatic rings. The summed E-state index contributed by atoms with van der Waals surface area (Å²) in [5.74, 6) is -0.526. The number of ether oxygens (including phenoxy) is 2. The van der Waals surface area contributed by atoms with Crippen LogP contribution in [-0.2, 0) is 31.4 Å². The molecule has 324 valence electrons. The fraction of sp³-hybridized carbons (Fsp3) is 0.575. The molecule has 0 radical (unpaired) electrons. The summed E-state index contributed by atoms with van der Waals surface area (Å²) in [4.78, 5) is 64.6. The minimum atomic E-state index is -3.83. The average Bonchev–Trinajstić information content (AvgIpc) is 4.16. The Kier molecular flexibility index (Phi) is 12.9. The number of anilines is 1. The van der Waals surface area contributed by atoms with Crippen LogP contribution in [0.1, 0.15) is 82.6 Å². The van der Waals surface area contributed by atoms with Gasteiger partial charge in [-0.1, -0.05) is 12.2 Å². The normalized spacial score (nSPS) is 22.9. The second-order valence-corrected chi connectivity index (χ2v) is 19.7. The van der Waals surface area contributed by atoms with Crippen LogP contribution in [0.4, 0.5) is 9.93 Å². The molecule has 20 heteroatoms. The molecule has 3 aromatic heterocycles. The molecule has 4 aliphatic rings. The average molecular weight is 868 g/mol. The molecule has 7 rings (SSSR count). The summed E-state index contributed by atoms with van der Waals surface area (Å²) in [6.07, 6.45) is 10.2. The summed E-state index contributed by atoms with van der Waals surface area (Å²) in [7, 11) is -2.14. The molecular weight excluding hydrogens is 815 g/mol. The van der Waals surface area contributed by atoms with Crippen LogP contribution in [0.5, 0.6) is 5.75 Å². The van der Waals surface area contributed by atoms with Crippen LogP contribution in [0.25, 0.3) is 11.4 Å². The molecule has 3 saturated carbocycles. The molecule has 0 bridgehead atoms. The molecule has 0 aromatic carbocycles. The molecule has 6 atom stereocenters. The van der Waals surface area contributed by atoms with Crippen LogP contribution in [0.3, 0.4) is 0 Å². The Hall–Kier alpha value is -4.92. The first-order valence-corrected chi connectivity index (χ1v) is 22.8. The highest BCUT2D eigenvalue weighted by Gasteiger charge is 2.52. The van der Waals surface area contributed by atoms with Gasteiger partial charge in [0.1, 0.15) is 41.6 Å². The van der Waals surface area contributed by atoms with Gasteiger partial charge in [-0.25, -0.2) is 18.2 Å². The van der Waals surface area contributed by atoms with Gasteiger partial charge in [0.2, 0.25) is 21.8 Å². The van der Waals surface area contributed by atoms with Crippen LogP contribution in [0.2, 0.25) is 0 Å². The van der Waals surface area contributed by atoms with Gasteiger partial charge in [-0.3, -0.25) is 29.4 Å². The largest absolute Gasteiger partial charge is 0.488 e.